The molecule has 1 amide bonds. The Morgan fingerprint density at radius 3 is 2.35 bits per heavy atom. The van der Waals surface area contributed by atoms with Gasteiger partial charge in [-0.1, -0.05) is 0 Å². The van der Waals surface area contributed by atoms with E-state index in [1.165, 1.54) is 7.11 Å². The lowest BCUT2D eigenvalue weighted by Crippen LogP contribution is -2.34. The fraction of sp³-hybridized carbons (Fsp3) is 0.471. The van der Waals surface area contributed by atoms with E-state index in [-0.39, 0.29) is 43.0 Å². The Bertz CT molecular complexity index is 538. The summed E-state index contributed by atoms with van der Waals surface area (Å²) in [5.41, 5.74) is 0.545. The Morgan fingerprint density at radius 1 is 1.13 bits per heavy atom. The van der Waals surface area contributed by atoms with Crippen LogP contribution in [0, 0.1) is 0 Å². The number of ether oxygens (including phenoxy) is 2. The highest BCUT2D eigenvalue weighted by atomic mass is 16.5. The van der Waals surface area contributed by atoms with Gasteiger partial charge in [0.05, 0.1) is 20.1 Å². The maximum atomic E-state index is 12.0. The minimum atomic E-state index is -0.386. The number of carbonyl (C=O) groups is 3. The molecule has 126 valence electrons. The summed E-state index contributed by atoms with van der Waals surface area (Å²) >= 11 is 0. The first-order valence-corrected chi connectivity index (χ1v) is 7.58. The summed E-state index contributed by atoms with van der Waals surface area (Å²) in [5.74, 6) is -0.0498. The Hall–Kier alpha value is -2.37. The Balaban J connectivity index is 2.40. The summed E-state index contributed by atoms with van der Waals surface area (Å²) in [6.07, 6.45) is 0.303. The van der Waals surface area contributed by atoms with E-state index < -0.39 is 0 Å². The van der Waals surface area contributed by atoms with Gasteiger partial charge in [-0.15, -0.1) is 0 Å². The number of carbonyl (C=O) groups excluding carboxylic acids is 3. The smallest absolute Gasteiger partial charge is 0.307 e. The van der Waals surface area contributed by atoms with Crippen LogP contribution in [0.1, 0.15) is 43.5 Å². The number of Topliss-reactive ketones (excluding diaryl/α,β-unsaturated/α-hetero) is 1. The number of nitrogens with one attached hydrogen (secondary N) is 1. The van der Waals surface area contributed by atoms with Crippen molar-refractivity contribution in [1.82, 2.24) is 5.32 Å². The molecule has 23 heavy (non-hydrogen) atoms. The highest BCUT2D eigenvalue weighted by Gasteiger charge is 2.14. The lowest BCUT2D eigenvalue weighted by Gasteiger charge is -2.12. The summed E-state index contributed by atoms with van der Waals surface area (Å²) < 4.78 is 9.84. The van der Waals surface area contributed by atoms with E-state index in [0.29, 0.717) is 17.9 Å². The third-order valence-electron chi connectivity index (χ3n) is 3.17. The largest absolute Gasteiger partial charge is 0.494 e. The molecule has 1 N–H and O–H groups in total. The van der Waals surface area contributed by atoms with Gasteiger partial charge in [0.1, 0.15) is 5.75 Å². The van der Waals surface area contributed by atoms with Gasteiger partial charge in [0.15, 0.2) is 5.78 Å². The molecule has 0 saturated carbocycles. The van der Waals surface area contributed by atoms with E-state index in [1.807, 2.05) is 6.92 Å². The van der Waals surface area contributed by atoms with Gasteiger partial charge in [-0.2, -0.15) is 0 Å². The summed E-state index contributed by atoms with van der Waals surface area (Å²) in [4.78, 5) is 34.9. The third kappa shape index (κ3) is 6.95. The zero-order chi connectivity index (χ0) is 17.2. The molecule has 0 aliphatic carbocycles. The Morgan fingerprint density at radius 2 is 1.78 bits per heavy atom. The zero-order valence-electron chi connectivity index (χ0n) is 13.8. The van der Waals surface area contributed by atoms with Crippen molar-refractivity contribution in [3.63, 3.8) is 0 Å². The van der Waals surface area contributed by atoms with Crippen LogP contribution in [0.5, 0.6) is 5.75 Å². The molecule has 0 aromatic heterocycles. The van der Waals surface area contributed by atoms with E-state index >= 15 is 0 Å². The number of amides is 1. The molecule has 1 rings (SSSR count). The van der Waals surface area contributed by atoms with Gasteiger partial charge >= 0.3 is 5.97 Å². The highest BCUT2D eigenvalue weighted by molar-refractivity contribution is 5.98. The van der Waals surface area contributed by atoms with E-state index in [1.54, 1.807) is 31.2 Å². The predicted octanol–water partition coefficient (Wildman–Crippen LogP) is 2.12. The topological polar surface area (TPSA) is 81.7 Å². The maximum absolute atomic E-state index is 12.0. The van der Waals surface area contributed by atoms with Gasteiger partial charge in [0.25, 0.3) is 0 Å². The van der Waals surface area contributed by atoms with Crippen molar-refractivity contribution in [3.8, 4) is 5.75 Å². The minimum Gasteiger partial charge on any atom is -0.494 e. The van der Waals surface area contributed by atoms with Gasteiger partial charge in [0, 0.05) is 24.4 Å². The van der Waals surface area contributed by atoms with Crippen molar-refractivity contribution in [2.24, 2.45) is 0 Å². The molecule has 0 fully saturated rings. The first kappa shape index (κ1) is 18.7. The lowest BCUT2D eigenvalue weighted by atomic mass is 10.1. The number of hydrogen-bond acceptors (Lipinski definition) is 5. The number of benzene rings is 1. The van der Waals surface area contributed by atoms with Gasteiger partial charge in [-0.25, -0.2) is 0 Å². The van der Waals surface area contributed by atoms with Crippen LogP contribution in [0.4, 0.5) is 0 Å². The van der Waals surface area contributed by atoms with Crippen molar-refractivity contribution in [2.45, 2.75) is 39.2 Å². The van der Waals surface area contributed by atoms with Crippen molar-refractivity contribution >= 4 is 17.7 Å². The Kier molecular flexibility index (Phi) is 7.80. The Labute approximate surface area is 136 Å². The third-order valence-corrected chi connectivity index (χ3v) is 3.17. The second-order valence-electron chi connectivity index (χ2n) is 5.13. The quantitative estimate of drug-likeness (QED) is 0.556. The molecule has 1 aromatic carbocycles. The molecular formula is C17H23NO5. The lowest BCUT2D eigenvalue weighted by molar-refractivity contribution is -0.141. The van der Waals surface area contributed by atoms with E-state index in [0.717, 1.165) is 0 Å². The van der Waals surface area contributed by atoms with E-state index in [9.17, 15) is 14.4 Å². The van der Waals surface area contributed by atoms with Crippen LogP contribution >= 0.6 is 0 Å². The molecule has 1 aromatic rings. The first-order valence-electron chi connectivity index (χ1n) is 7.58. The molecule has 0 spiro atoms. The van der Waals surface area contributed by atoms with Gasteiger partial charge in [-0.3, -0.25) is 14.4 Å². The molecule has 0 aliphatic heterocycles. The molecular weight excluding hydrogens is 298 g/mol. The molecule has 0 saturated heterocycles. The molecule has 0 aliphatic rings. The predicted molar refractivity (Wildman–Crippen MR) is 85.4 cm³/mol. The summed E-state index contributed by atoms with van der Waals surface area (Å²) in [6.45, 7) is 4.17. The zero-order valence-corrected chi connectivity index (χ0v) is 13.8. The van der Waals surface area contributed by atoms with Crippen LogP contribution in [-0.4, -0.2) is 37.4 Å². The number of methoxy groups -OCH3 is 1. The average Bonchev–Trinajstić information content (AvgIpc) is 2.53. The van der Waals surface area contributed by atoms with Crippen LogP contribution in [0.2, 0.25) is 0 Å². The molecule has 6 heteroatoms. The average molecular weight is 321 g/mol. The van der Waals surface area contributed by atoms with Gasteiger partial charge in [-0.05, 0) is 38.1 Å². The van der Waals surface area contributed by atoms with Crippen molar-refractivity contribution in [1.29, 1.82) is 0 Å². The second kappa shape index (κ2) is 9.61. The molecule has 6 nitrogen and oxygen atoms in total. The van der Waals surface area contributed by atoms with Gasteiger partial charge < -0.3 is 14.8 Å². The standard InChI is InChI=1S/C17H23NO5/c1-4-23-14-7-5-13(6-8-14)15(19)9-10-16(20)18-12(2)11-17(21)22-3/h5-8,12H,4,9-11H2,1-3H3,(H,18,20). The van der Waals surface area contributed by atoms with E-state index in [4.69, 9.17) is 4.74 Å². The van der Waals surface area contributed by atoms with Crippen LogP contribution in [0.3, 0.4) is 0 Å². The first-order chi connectivity index (χ1) is 11.0. The fourth-order valence-corrected chi connectivity index (χ4v) is 2.01. The highest BCUT2D eigenvalue weighted by Crippen LogP contribution is 2.14. The van der Waals surface area contributed by atoms with Crippen LogP contribution in [-0.2, 0) is 14.3 Å². The van der Waals surface area contributed by atoms with Crippen molar-refractivity contribution < 1.29 is 23.9 Å². The van der Waals surface area contributed by atoms with Crippen LogP contribution < -0.4 is 10.1 Å². The van der Waals surface area contributed by atoms with Crippen LogP contribution in [0.25, 0.3) is 0 Å². The second-order valence-corrected chi connectivity index (χ2v) is 5.13. The summed E-state index contributed by atoms with van der Waals surface area (Å²) in [7, 11) is 1.30. The summed E-state index contributed by atoms with van der Waals surface area (Å²) in [5, 5.41) is 2.67. The monoisotopic (exact) mass is 321 g/mol. The summed E-state index contributed by atoms with van der Waals surface area (Å²) in [6, 6.07) is 6.51. The number of ketones is 1. The SMILES string of the molecule is CCOc1ccc(C(=O)CCC(=O)NC(C)CC(=O)OC)cc1. The normalized spacial score (nSPS) is 11.4. The molecule has 0 heterocycles. The molecule has 0 radical (unpaired) electrons. The van der Waals surface area contributed by atoms with Gasteiger partial charge in [0.2, 0.25) is 5.91 Å². The fourth-order valence-electron chi connectivity index (χ4n) is 2.01. The molecule has 0 bridgehead atoms. The number of rotatable bonds is 9. The maximum Gasteiger partial charge on any atom is 0.307 e. The van der Waals surface area contributed by atoms with E-state index in [2.05, 4.69) is 10.1 Å². The number of esters is 1. The van der Waals surface area contributed by atoms with Crippen molar-refractivity contribution in [2.75, 3.05) is 13.7 Å². The van der Waals surface area contributed by atoms with Crippen LogP contribution in [0.15, 0.2) is 24.3 Å². The number of hydrogen-bond donors (Lipinski definition) is 1. The van der Waals surface area contributed by atoms with Crippen molar-refractivity contribution in [3.05, 3.63) is 29.8 Å². The molecule has 1 unspecified atom stereocenters. The molecule has 1 atom stereocenters. The minimum absolute atomic E-state index is 0.0809.